The number of carbonyl (C=O) groups is 1. The van der Waals surface area contributed by atoms with Crippen LogP contribution in [0.3, 0.4) is 0 Å². The molecule has 2 aromatic heterocycles. The summed E-state index contributed by atoms with van der Waals surface area (Å²) in [6.07, 6.45) is 4.96. The van der Waals surface area contributed by atoms with Crippen LogP contribution in [0.1, 0.15) is 21.6 Å². The number of aromatic nitrogens is 3. The van der Waals surface area contributed by atoms with Gasteiger partial charge in [-0.3, -0.25) is 9.78 Å². The third-order valence-electron chi connectivity index (χ3n) is 3.43. The van der Waals surface area contributed by atoms with Crippen molar-refractivity contribution in [2.75, 3.05) is 5.32 Å². The third-order valence-corrected chi connectivity index (χ3v) is 3.43. The predicted octanol–water partition coefficient (Wildman–Crippen LogP) is 2.55. The average molecular weight is 337 g/mol. The Kier molecular flexibility index (Phi) is 5.26. The van der Waals surface area contributed by atoms with Crippen LogP contribution < -0.4 is 10.6 Å². The zero-order chi connectivity index (χ0) is 17.5. The molecule has 0 saturated carbocycles. The maximum Gasteiger partial charge on any atom is 0.270 e. The molecule has 0 saturated heterocycles. The first kappa shape index (κ1) is 16.5. The highest BCUT2D eigenvalue weighted by atomic mass is 19.1. The highest BCUT2D eigenvalue weighted by molar-refractivity contribution is 5.92. The second-order valence-electron chi connectivity index (χ2n) is 5.29. The van der Waals surface area contributed by atoms with E-state index in [4.69, 9.17) is 0 Å². The molecule has 0 radical (unpaired) electrons. The van der Waals surface area contributed by atoms with E-state index in [-0.39, 0.29) is 17.4 Å². The summed E-state index contributed by atoms with van der Waals surface area (Å²) in [5, 5.41) is 5.80. The van der Waals surface area contributed by atoms with Crippen LogP contribution in [0.4, 0.5) is 10.3 Å². The maximum absolute atomic E-state index is 12.9. The number of halogens is 1. The Balaban J connectivity index is 1.58. The molecule has 0 atom stereocenters. The van der Waals surface area contributed by atoms with Gasteiger partial charge in [0.15, 0.2) is 0 Å². The third kappa shape index (κ3) is 4.81. The van der Waals surface area contributed by atoms with Crippen molar-refractivity contribution in [3.63, 3.8) is 0 Å². The van der Waals surface area contributed by atoms with Crippen LogP contribution in [0.25, 0.3) is 0 Å². The van der Waals surface area contributed by atoms with Crippen LogP contribution in [0.5, 0.6) is 0 Å². The number of anilines is 1. The van der Waals surface area contributed by atoms with Gasteiger partial charge in [0.2, 0.25) is 5.95 Å². The van der Waals surface area contributed by atoms with Gasteiger partial charge in [0.1, 0.15) is 11.5 Å². The average Bonchev–Trinajstić information content (AvgIpc) is 2.67. The number of carbonyl (C=O) groups excluding carboxylic acids is 1. The molecule has 2 N–H and O–H groups in total. The number of nitrogens with zero attached hydrogens (tertiary/aromatic N) is 3. The minimum atomic E-state index is -0.323. The summed E-state index contributed by atoms with van der Waals surface area (Å²) in [5.74, 6) is -0.273. The van der Waals surface area contributed by atoms with Crippen LogP contribution >= 0.6 is 0 Å². The van der Waals surface area contributed by atoms with E-state index in [1.165, 1.54) is 24.4 Å². The van der Waals surface area contributed by atoms with Gasteiger partial charge in [-0.2, -0.15) is 0 Å². The van der Waals surface area contributed by atoms with Crippen LogP contribution in [0.15, 0.2) is 61.1 Å². The lowest BCUT2D eigenvalue weighted by Gasteiger charge is -2.07. The number of rotatable bonds is 6. The van der Waals surface area contributed by atoms with Gasteiger partial charge in [-0.15, -0.1) is 0 Å². The molecule has 2 heterocycles. The molecule has 7 heteroatoms. The van der Waals surface area contributed by atoms with Gasteiger partial charge in [-0.25, -0.2) is 14.4 Å². The van der Waals surface area contributed by atoms with E-state index in [1.807, 2.05) is 12.1 Å². The molecular weight excluding hydrogens is 321 g/mol. The Bertz CT molecular complexity index is 840. The Morgan fingerprint density at radius 1 is 1.00 bits per heavy atom. The van der Waals surface area contributed by atoms with Crippen molar-refractivity contribution in [1.82, 2.24) is 20.3 Å². The Labute approximate surface area is 144 Å². The fourth-order valence-corrected chi connectivity index (χ4v) is 2.13. The van der Waals surface area contributed by atoms with Gasteiger partial charge in [0, 0.05) is 31.7 Å². The van der Waals surface area contributed by atoms with Crippen molar-refractivity contribution >= 4 is 11.9 Å². The Hall–Kier alpha value is -3.35. The summed E-state index contributed by atoms with van der Waals surface area (Å²) < 4.78 is 12.9. The highest BCUT2D eigenvalue weighted by Gasteiger charge is 2.08. The molecular formula is C18H16FN5O. The van der Waals surface area contributed by atoms with Crippen molar-refractivity contribution in [1.29, 1.82) is 0 Å². The van der Waals surface area contributed by atoms with Gasteiger partial charge in [-0.1, -0.05) is 18.2 Å². The van der Waals surface area contributed by atoms with Gasteiger partial charge in [0.05, 0.1) is 0 Å². The van der Waals surface area contributed by atoms with Crippen molar-refractivity contribution in [2.24, 2.45) is 0 Å². The molecule has 3 rings (SSSR count). The number of pyridine rings is 1. The zero-order valence-corrected chi connectivity index (χ0v) is 13.3. The minimum absolute atomic E-state index is 0.255. The largest absolute Gasteiger partial charge is 0.350 e. The van der Waals surface area contributed by atoms with Crippen LogP contribution in [-0.2, 0) is 13.1 Å². The fraction of sp³-hybridized carbons (Fsp3) is 0.111. The molecule has 0 fully saturated rings. The number of hydrogen-bond donors (Lipinski definition) is 2. The van der Waals surface area contributed by atoms with Crippen LogP contribution in [-0.4, -0.2) is 20.9 Å². The summed E-state index contributed by atoms with van der Waals surface area (Å²) in [4.78, 5) is 24.5. The molecule has 0 aliphatic carbocycles. The zero-order valence-electron chi connectivity index (χ0n) is 13.3. The fourth-order valence-electron chi connectivity index (χ4n) is 2.13. The minimum Gasteiger partial charge on any atom is -0.350 e. The summed E-state index contributed by atoms with van der Waals surface area (Å²) in [6.45, 7) is 0.802. The topological polar surface area (TPSA) is 79.8 Å². The monoisotopic (exact) mass is 337 g/mol. The lowest BCUT2D eigenvalue weighted by atomic mass is 10.2. The van der Waals surface area contributed by atoms with Gasteiger partial charge >= 0.3 is 0 Å². The van der Waals surface area contributed by atoms with Crippen LogP contribution in [0, 0.1) is 5.82 Å². The lowest BCUT2D eigenvalue weighted by Crippen LogP contribution is -2.24. The summed E-state index contributed by atoms with van der Waals surface area (Å²) in [5.41, 5.74) is 2.04. The maximum atomic E-state index is 12.9. The van der Waals surface area contributed by atoms with Crippen LogP contribution in [0.2, 0.25) is 0 Å². The van der Waals surface area contributed by atoms with Gasteiger partial charge < -0.3 is 10.6 Å². The van der Waals surface area contributed by atoms with Crippen molar-refractivity contribution < 1.29 is 9.18 Å². The molecule has 3 aromatic rings. The molecule has 1 amide bonds. The second kappa shape index (κ2) is 7.96. The predicted molar refractivity (Wildman–Crippen MR) is 91.2 cm³/mol. The standard InChI is InChI=1S/C18H16FN5O/c19-15-5-3-13(4-6-15)11-22-17(25)16-7-9-21-18(24-16)23-12-14-2-1-8-20-10-14/h1-10H,11-12H2,(H,22,25)(H,21,23,24). The van der Waals surface area contributed by atoms with Gasteiger partial charge in [0.25, 0.3) is 5.91 Å². The quantitative estimate of drug-likeness (QED) is 0.723. The SMILES string of the molecule is O=C(NCc1ccc(F)cc1)c1ccnc(NCc2cccnc2)n1. The first-order valence-electron chi connectivity index (χ1n) is 7.69. The molecule has 0 spiro atoms. The number of amides is 1. The number of benzene rings is 1. The molecule has 0 bridgehead atoms. The molecule has 1 aromatic carbocycles. The number of hydrogen-bond acceptors (Lipinski definition) is 5. The van der Waals surface area contributed by atoms with E-state index in [9.17, 15) is 9.18 Å². The molecule has 25 heavy (non-hydrogen) atoms. The second-order valence-corrected chi connectivity index (χ2v) is 5.29. The van der Waals surface area contributed by atoms with Crippen molar-refractivity contribution in [3.8, 4) is 0 Å². The van der Waals surface area contributed by atoms with E-state index in [0.717, 1.165) is 11.1 Å². The van der Waals surface area contributed by atoms with Crippen molar-refractivity contribution in [2.45, 2.75) is 13.1 Å². The van der Waals surface area contributed by atoms with E-state index in [2.05, 4.69) is 25.6 Å². The lowest BCUT2D eigenvalue weighted by molar-refractivity contribution is 0.0946. The molecule has 0 aliphatic heterocycles. The molecule has 0 unspecified atom stereocenters. The summed E-state index contributed by atoms with van der Waals surface area (Å²) in [7, 11) is 0. The molecule has 0 aliphatic rings. The summed E-state index contributed by atoms with van der Waals surface area (Å²) in [6, 6.07) is 11.3. The van der Waals surface area contributed by atoms with Gasteiger partial charge in [-0.05, 0) is 35.4 Å². The highest BCUT2D eigenvalue weighted by Crippen LogP contribution is 2.05. The molecule has 6 nitrogen and oxygen atoms in total. The Morgan fingerprint density at radius 2 is 1.84 bits per heavy atom. The number of nitrogens with one attached hydrogen (secondary N) is 2. The smallest absolute Gasteiger partial charge is 0.270 e. The van der Waals surface area contributed by atoms with E-state index >= 15 is 0 Å². The summed E-state index contributed by atoms with van der Waals surface area (Å²) >= 11 is 0. The van der Waals surface area contributed by atoms with E-state index in [0.29, 0.717) is 19.0 Å². The first-order valence-corrected chi connectivity index (χ1v) is 7.69. The molecule has 126 valence electrons. The normalized spacial score (nSPS) is 10.3. The first-order chi connectivity index (χ1) is 12.2. The van der Waals surface area contributed by atoms with Crippen molar-refractivity contribution in [3.05, 3.63) is 83.7 Å². The van der Waals surface area contributed by atoms with E-state index < -0.39 is 0 Å². The van der Waals surface area contributed by atoms with E-state index in [1.54, 1.807) is 24.5 Å². The Morgan fingerprint density at radius 3 is 2.60 bits per heavy atom.